The van der Waals surface area contributed by atoms with Crippen LogP contribution in [-0.2, 0) is 0 Å². The summed E-state index contributed by atoms with van der Waals surface area (Å²) in [7, 11) is 0. The van der Waals surface area contributed by atoms with E-state index in [0.29, 0.717) is 16.7 Å². The van der Waals surface area contributed by atoms with E-state index in [9.17, 15) is 0 Å². The maximum absolute atomic E-state index is 5.49. The number of nitrogens with two attached hydrogens (primary N) is 1. The molecule has 16 heavy (non-hydrogen) atoms. The summed E-state index contributed by atoms with van der Waals surface area (Å²) in [5, 5.41) is 3.43. The summed E-state index contributed by atoms with van der Waals surface area (Å²) < 4.78 is 0. The predicted molar refractivity (Wildman–Crippen MR) is 70.6 cm³/mol. The van der Waals surface area contributed by atoms with Gasteiger partial charge in [0.25, 0.3) is 0 Å². The molecule has 1 atom stereocenters. The van der Waals surface area contributed by atoms with Crippen molar-refractivity contribution in [1.29, 1.82) is 0 Å². The van der Waals surface area contributed by atoms with Gasteiger partial charge in [-0.15, -0.1) is 0 Å². The number of nitrogens with one attached hydrogen (secondary N) is 1. The van der Waals surface area contributed by atoms with E-state index >= 15 is 0 Å². The molecule has 86 valence electrons. The minimum atomic E-state index is 0.345. The third kappa shape index (κ3) is 3.17. The van der Waals surface area contributed by atoms with Gasteiger partial charge in [-0.1, -0.05) is 25.1 Å². The lowest BCUT2D eigenvalue weighted by Crippen LogP contribution is -2.16. The smallest absolute Gasteiger partial charge is 0.122 e. The molecule has 0 radical (unpaired) electrons. The lowest BCUT2D eigenvalue weighted by molar-refractivity contribution is 0.642. The number of pyridine rings is 1. The number of thiocarbonyl (C=S) groups is 1. The summed E-state index contributed by atoms with van der Waals surface area (Å²) in [5.41, 5.74) is 7.20. The third-order valence-electron chi connectivity index (χ3n) is 2.81. The number of anilines is 1. The molecule has 0 amide bonds. The Kier molecular flexibility index (Phi) is 3.39. The van der Waals surface area contributed by atoms with Crippen molar-refractivity contribution in [2.75, 3.05) is 5.32 Å². The van der Waals surface area contributed by atoms with Crippen molar-refractivity contribution in [2.45, 2.75) is 32.2 Å². The Morgan fingerprint density at radius 3 is 2.88 bits per heavy atom. The third-order valence-corrected chi connectivity index (χ3v) is 3.02. The van der Waals surface area contributed by atoms with E-state index < -0.39 is 0 Å². The molecule has 0 aromatic carbocycles. The van der Waals surface area contributed by atoms with Gasteiger partial charge in [-0.2, -0.15) is 0 Å². The van der Waals surface area contributed by atoms with Crippen molar-refractivity contribution in [2.24, 2.45) is 11.7 Å². The van der Waals surface area contributed by atoms with E-state index in [1.54, 1.807) is 6.20 Å². The van der Waals surface area contributed by atoms with Crippen LogP contribution in [0.2, 0.25) is 0 Å². The van der Waals surface area contributed by atoms with Crippen LogP contribution in [-0.4, -0.2) is 16.0 Å². The largest absolute Gasteiger partial charge is 0.388 e. The molecule has 1 unspecified atom stereocenters. The van der Waals surface area contributed by atoms with Crippen molar-refractivity contribution >= 4 is 22.9 Å². The first-order valence-corrected chi connectivity index (χ1v) is 6.08. The van der Waals surface area contributed by atoms with E-state index in [0.717, 1.165) is 11.6 Å². The molecule has 3 nitrogen and oxygen atoms in total. The van der Waals surface area contributed by atoms with Gasteiger partial charge in [0.05, 0.1) is 17.6 Å². The minimum absolute atomic E-state index is 0.345. The molecule has 1 heterocycles. The SMILES string of the molecule is CC(CC1CC1)Nc1ccc(C(N)=S)nc1. The first kappa shape index (κ1) is 11.3. The molecule has 4 heteroatoms. The van der Waals surface area contributed by atoms with Gasteiger partial charge >= 0.3 is 0 Å². The van der Waals surface area contributed by atoms with Crippen LogP contribution in [0.25, 0.3) is 0 Å². The number of nitrogens with zero attached hydrogens (tertiary/aromatic N) is 1. The molecular weight excluding hydrogens is 218 g/mol. The van der Waals surface area contributed by atoms with Crippen molar-refractivity contribution in [1.82, 2.24) is 4.98 Å². The molecule has 2 rings (SSSR count). The molecule has 0 saturated heterocycles. The molecule has 0 bridgehead atoms. The zero-order valence-electron chi connectivity index (χ0n) is 9.44. The van der Waals surface area contributed by atoms with E-state index in [1.807, 2.05) is 12.1 Å². The predicted octanol–water partition coefficient (Wildman–Crippen LogP) is 2.32. The van der Waals surface area contributed by atoms with E-state index in [-0.39, 0.29) is 0 Å². The minimum Gasteiger partial charge on any atom is -0.388 e. The van der Waals surface area contributed by atoms with E-state index in [4.69, 9.17) is 18.0 Å². The Balaban J connectivity index is 1.90. The second-order valence-corrected chi connectivity index (χ2v) is 4.96. The number of hydrogen-bond acceptors (Lipinski definition) is 3. The Hall–Kier alpha value is -1.16. The average Bonchev–Trinajstić information content (AvgIpc) is 3.02. The van der Waals surface area contributed by atoms with Crippen molar-refractivity contribution < 1.29 is 0 Å². The van der Waals surface area contributed by atoms with Crippen molar-refractivity contribution in [3.05, 3.63) is 24.0 Å². The van der Waals surface area contributed by atoms with Gasteiger partial charge in [-0.3, -0.25) is 4.98 Å². The molecule has 3 N–H and O–H groups in total. The molecule has 1 fully saturated rings. The van der Waals surface area contributed by atoms with Crippen molar-refractivity contribution in [3.63, 3.8) is 0 Å². The first-order chi connectivity index (χ1) is 7.65. The number of rotatable bonds is 5. The molecule has 0 aliphatic heterocycles. The molecular formula is C12H17N3S. The second-order valence-electron chi connectivity index (χ2n) is 4.52. The average molecular weight is 235 g/mol. The van der Waals surface area contributed by atoms with E-state index in [2.05, 4.69) is 17.2 Å². The maximum atomic E-state index is 5.49. The van der Waals surface area contributed by atoms with Gasteiger partial charge in [0.15, 0.2) is 0 Å². The zero-order valence-corrected chi connectivity index (χ0v) is 10.3. The van der Waals surface area contributed by atoms with Gasteiger partial charge in [0, 0.05) is 6.04 Å². The molecule has 1 aromatic heterocycles. The Labute approximate surface area is 101 Å². The second kappa shape index (κ2) is 4.78. The fraction of sp³-hybridized carbons (Fsp3) is 0.500. The van der Waals surface area contributed by atoms with Crippen LogP contribution in [0.1, 0.15) is 31.9 Å². The van der Waals surface area contributed by atoms with Gasteiger partial charge in [-0.05, 0) is 31.4 Å². The summed E-state index contributed by atoms with van der Waals surface area (Å²) in [5.74, 6) is 0.936. The quantitative estimate of drug-likeness (QED) is 0.769. The van der Waals surface area contributed by atoms with Gasteiger partial charge in [-0.25, -0.2) is 0 Å². The highest BCUT2D eigenvalue weighted by Gasteiger charge is 2.23. The summed E-state index contributed by atoms with van der Waals surface area (Å²) in [6, 6.07) is 4.34. The van der Waals surface area contributed by atoms with Crippen LogP contribution in [0.4, 0.5) is 5.69 Å². The summed E-state index contributed by atoms with van der Waals surface area (Å²) in [4.78, 5) is 4.54. The van der Waals surface area contributed by atoms with Gasteiger partial charge in [0.1, 0.15) is 4.99 Å². The fourth-order valence-electron chi connectivity index (χ4n) is 1.82. The summed E-state index contributed by atoms with van der Waals surface area (Å²) in [6.07, 6.45) is 5.82. The highest BCUT2D eigenvalue weighted by Crippen LogP contribution is 2.33. The lowest BCUT2D eigenvalue weighted by Gasteiger charge is -2.14. The lowest BCUT2D eigenvalue weighted by atomic mass is 10.1. The molecule has 1 aromatic rings. The standard InChI is InChI=1S/C12H17N3S/c1-8(6-9-2-3-9)15-10-4-5-11(12(13)16)14-7-10/h4-5,7-9,15H,2-3,6H2,1H3,(H2,13,16). The molecule has 1 saturated carbocycles. The fourth-order valence-corrected chi connectivity index (χ4v) is 1.94. The Morgan fingerprint density at radius 1 is 1.62 bits per heavy atom. The highest BCUT2D eigenvalue weighted by atomic mass is 32.1. The molecule has 1 aliphatic carbocycles. The van der Waals surface area contributed by atoms with Gasteiger partial charge < -0.3 is 11.1 Å². The molecule has 0 spiro atoms. The normalized spacial score (nSPS) is 16.8. The van der Waals surface area contributed by atoms with Gasteiger partial charge in [0.2, 0.25) is 0 Å². The highest BCUT2D eigenvalue weighted by molar-refractivity contribution is 7.80. The zero-order chi connectivity index (χ0) is 11.5. The van der Waals surface area contributed by atoms with Crippen LogP contribution in [0.5, 0.6) is 0 Å². The van der Waals surface area contributed by atoms with E-state index in [1.165, 1.54) is 19.3 Å². The summed E-state index contributed by atoms with van der Waals surface area (Å²) >= 11 is 4.85. The topological polar surface area (TPSA) is 50.9 Å². The van der Waals surface area contributed by atoms with Crippen LogP contribution >= 0.6 is 12.2 Å². The van der Waals surface area contributed by atoms with Crippen LogP contribution in [0, 0.1) is 5.92 Å². The molecule has 1 aliphatic rings. The van der Waals surface area contributed by atoms with Crippen LogP contribution in [0.15, 0.2) is 18.3 Å². The van der Waals surface area contributed by atoms with Crippen LogP contribution < -0.4 is 11.1 Å². The Bertz CT molecular complexity index is 370. The van der Waals surface area contributed by atoms with Crippen LogP contribution in [0.3, 0.4) is 0 Å². The summed E-state index contributed by atoms with van der Waals surface area (Å²) in [6.45, 7) is 2.21. The Morgan fingerprint density at radius 2 is 2.38 bits per heavy atom. The van der Waals surface area contributed by atoms with Crippen molar-refractivity contribution in [3.8, 4) is 0 Å². The number of hydrogen-bond donors (Lipinski definition) is 2. The monoisotopic (exact) mass is 235 g/mol. The maximum Gasteiger partial charge on any atom is 0.122 e. The number of aromatic nitrogens is 1. The first-order valence-electron chi connectivity index (χ1n) is 5.67.